The van der Waals surface area contributed by atoms with E-state index in [4.69, 9.17) is 5.11 Å². The molecular weight excluding hydrogens is 186 g/mol. The van der Waals surface area contributed by atoms with Gasteiger partial charge in [0.15, 0.2) is 0 Å². The van der Waals surface area contributed by atoms with Gasteiger partial charge in [0.25, 0.3) is 5.69 Å². The summed E-state index contributed by atoms with van der Waals surface area (Å²) in [4.78, 5) is 20.5. The van der Waals surface area contributed by atoms with E-state index in [1.807, 2.05) is 0 Å². The van der Waals surface area contributed by atoms with Gasteiger partial charge in [-0.1, -0.05) is 12.1 Å². The van der Waals surface area contributed by atoms with E-state index in [-0.39, 0.29) is 5.69 Å². The number of hydrogen-bond acceptors (Lipinski definition) is 3. The van der Waals surface area contributed by atoms with E-state index in [0.29, 0.717) is 5.56 Å². The first-order valence-corrected chi connectivity index (χ1v) is 3.99. The van der Waals surface area contributed by atoms with Crippen LogP contribution in [0.1, 0.15) is 18.4 Å². The summed E-state index contributed by atoms with van der Waals surface area (Å²) in [5.41, 5.74) is 0.349. The number of benzene rings is 1. The van der Waals surface area contributed by atoms with Crippen LogP contribution in [-0.4, -0.2) is 16.0 Å². The van der Waals surface area contributed by atoms with Crippen molar-refractivity contribution in [3.8, 4) is 0 Å². The summed E-state index contributed by atoms with van der Waals surface area (Å²) >= 11 is 0. The van der Waals surface area contributed by atoms with Gasteiger partial charge in [-0.2, -0.15) is 0 Å². The van der Waals surface area contributed by atoms with Crippen molar-refractivity contribution in [3.63, 3.8) is 0 Å². The highest BCUT2D eigenvalue weighted by Crippen LogP contribution is 2.20. The highest BCUT2D eigenvalue weighted by atomic mass is 16.6. The summed E-state index contributed by atoms with van der Waals surface area (Å²) in [6, 6.07) is 5.65. The van der Waals surface area contributed by atoms with Crippen LogP contribution in [0.25, 0.3) is 0 Å². The molecule has 1 rings (SSSR count). The van der Waals surface area contributed by atoms with Crippen molar-refractivity contribution in [1.82, 2.24) is 0 Å². The van der Waals surface area contributed by atoms with Crippen LogP contribution in [0.5, 0.6) is 0 Å². The predicted octanol–water partition coefficient (Wildman–Crippen LogP) is 1.78. The second-order valence-corrected chi connectivity index (χ2v) is 2.91. The Balaban J connectivity index is 3.05. The van der Waals surface area contributed by atoms with Gasteiger partial charge in [-0.25, -0.2) is 0 Å². The van der Waals surface area contributed by atoms with Crippen LogP contribution < -0.4 is 0 Å². The van der Waals surface area contributed by atoms with Crippen molar-refractivity contribution in [2.24, 2.45) is 0 Å². The van der Waals surface area contributed by atoms with Crippen LogP contribution in [-0.2, 0) is 4.79 Å². The molecule has 1 N–H and O–H groups in total. The molecule has 1 aromatic rings. The Hall–Kier alpha value is -1.91. The molecule has 0 heterocycles. The largest absolute Gasteiger partial charge is 0.481 e. The summed E-state index contributed by atoms with van der Waals surface area (Å²) in [5, 5.41) is 19.1. The first-order valence-electron chi connectivity index (χ1n) is 3.99. The van der Waals surface area contributed by atoms with Crippen molar-refractivity contribution in [2.45, 2.75) is 12.8 Å². The minimum absolute atomic E-state index is 0.0874. The van der Waals surface area contributed by atoms with Crippen molar-refractivity contribution >= 4 is 11.7 Å². The molecule has 0 radical (unpaired) electrons. The average molecular weight is 195 g/mol. The van der Waals surface area contributed by atoms with Crippen LogP contribution in [0.3, 0.4) is 0 Å². The lowest BCUT2D eigenvalue weighted by Crippen LogP contribution is -2.07. The van der Waals surface area contributed by atoms with Crippen LogP contribution in [0.2, 0.25) is 0 Å². The number of hydrogen-bond donors (Lipinski definition) is 1. The first kappa shape index (κ1) is 10.2. The molecule has 5 nitrogen and oxygen atoms in total. The molecule has 74 valence electrons. The van der Waals surface area contributed by atoms with Crippen molar-refractivity contribution < 1.29 is 14.8 Å². The molecule has 0 aliphatic rings. The molecule has 0 aromatic heterocycles. The van der Waals surface area contributed by atoms with Gasteiger partial charge in [-0.15, -0.1) is 0 Å². The molecule has 0 fully saturated rings. The summed E-state index contributed by atoms with van der Waals surface area (Å²) in [5.74, 6) is -1.72. The van der Waals surface area contributed by atoms with Gasteiger partial charge in [0.05, 0.1) is 10.8 Å². The minimum Gasteiger partial charge on any atom is -0.481 e. The summed E-state index contributed by atoms with van der Waals surface area (Å²) in [6.45, 7) is 1.49. The van der Waals surface area contributed by atoms with E-state index >= 15 is 0 Å². The second kappa shape index (κ2) is 3.87. The number of carboxylic acids is 1. The van der Waals surface area contributed by atoms with Gasteiger partial charge in [-0.05, 0) is 12.5 Å². The van der Waals surface area contributed by atoms with E-state index in [0.717, 1.165) is 0 Å². The van der Waals surface area contributed by atoms with Crippen LogP contribution in [0.4, 0.5) is 5.69 Å². The Morgan fingerprint density at radius 1 is 1.57 bits per heavy atom. The summed E-state index contributed by atoms with van der Waals surface area (Å²) < 4.78 is 0. The molecule has 0 saturated heterocycles. The van der Waals surface area contributed by atoms with Gasteiger partial charge in [0, 0.05) is 12.1 Å². The lowest BCUT2D eigenvalue weighted by Gasteiger charge is -2.05. The second-order valence-electron chi connectivity index (χ2n) is 2.91. The SMILES string of the molecule is C[C@@H](C(=O)O)c1cccc([N+](=O)[O-])c1. The number of rotatable bonds is 3. The van der Waals surface area contributed by atoms with Gasteiger partial charge >= 0.3 is 5.97 Å². The quantitative estimate of drug-likeness (QED) is 0.588. The standard InChI is InChI=1S/C9H9NO4/c1-6(9(11)12)7-3-2-4-8(5-7)10(13)14/h2-6H,1H3,(H,11,12)/t6-/m1/s1. The average Bonchev–Trinajstić information content (AvgIpc) is 2.16. The fourth-order valence-corrected chi connectivity index (χ4v) is 1.05. The van der Waals surface area contributed by atoms with E-state index in [1.165, 1.54) is 25.1 Å². The Kier molecular flexibility index (Phi) is 2.81. The zero-order valence-corrected chi connectivity index (χ0v) is 7.51. The highest BCUT2D eigenvalue weighted by Gasteiger charge is 2.16. The first-order chi connectivity index (χ1) is 6.52. The lowest BCUT2D eigenvalue weighted by molar-refractivity contribution is -0.384. The molecule has 1 atom stereocenters. The summed E-state index contributed by atoms with van der Waals surface area (Å²) in [6.07, 6.45) is 0. The molecule has 0 unspecified atom stereocenters. The van der Waals surface area contributed by atoms with E-state index in [9.17, 15) is 14.9 Å². The van der Waals surface area contributed by atoms with Gasteiger partial charge in [0.1, 0.15) is 0 Å². The van der Waals surface area contributed by atoms with Crippen molar-refractivity contribution in [3.05, 3.63) is 39.9 Å². The number of non-ortho nitro benzene ring substituents is 1. The monoisotopic (exact) mass is 195 g/mol. The molecule has 5 heteroatoms. The van der Waals surface area contributed by atoms with Crippen LogP contribution >= 0.6 is 0 Å². The number of carbonyl (C=O) groups is 1. The number of nitro benzene ring substituents is 1. The molecule has 1 aromatic carbocycles. The zero-order chi connectivity index (χ0) is 10.7. The fourth-order valence-electron chi connectivity index (χ4n) is 1.05. The Bertz CT molecular complexity index is 375. The van der Waals surface area contributed by atoms with Crippen molar-refractivity contribution in [2.75, 3.05) is 0 Å². The maximum atomic E-state index is 10.6. The third-order valence-electron chi connectivity index (χ3n) is 1.95. The molecule has 0 amide bonds. The Labute approximate surface area is 80.1 Å². The number of nitrogens with zero attached hydrogens (tertiary/aromatic N) is 1. The molecule has 0 aliphatic carbocycles. The molecule has 0 saturated carbocycles. The van der Waals surface area contributed by atoms with E-state index in [1.54, 1.807) is 6.07 Å². The van der Waals surface area contributed by atoms with Gasteiger partial charge in [0.2, 0.25) is 0 Å². The predicted molar refractivity (Wildman–Crippen MR) is 49.1 cm³/mol. The smallest absolute Gasteiger partial charge is 0.310 e. The zero-order valence-electron chi connectivity index (χ0n) is 7.51. The van der Waals surface area contributed by atoms with Crippen LogP contribution in [0, 0.1) is 10.1 Å². The number of carboxylic acid groups (broad SMARTS) is 1. The number of aliphatic carboxylic acids is 1. The third-order valence-corrected chi connectivity index (χ3v) is 1.95. The topological polar surface area (TPSA) is 80.4 Å². The third kappa shape index (κ3) is 2.07. The van der Waals surface area contributed by atoms with Gasteiger partial charge < -0.3 is 5.11 Å². The summed E-state index contributed by atoms with van der Waals surface area (Å²) in [7, 11) is 0. The normalized spacial score (nSPS) is 12.1. The molecule has 0 aliphatic heterocycles. The number of nitro groups is 1. The Morgan fingerprint density at radius 2 is 2.21 bits per heavy atom. The highest BCUT2D eigenvalue weighted by molar-refractivity contribution is 5.75. The minimum atomic E-state index is -0.995. The van der Waals surface area contributed by atoms with E-state index < -0.39 is 16.8 Å². The Morgan fingerprint density at radius 3 is 2.71 bits per heavy atom. The van der Waals surface area contributed by atoms with Crippen molar-refractivity contribution in [1.29, 1.82) is 0 Å². The van der Waals surface area contributed by atoms with E-state index in [2.05, 4.69) is 0 Å². The lowest BCUT2D eigenvalue weighted by atomic mass is 10.0. The maximum absolute atomic E-state index is 10.6. The maximum Gasteiger partial charge on any atom is 0.310 e. The molecule has 0 bridgehead atoms. The molecular formula is C9H9NO4. The molecule has 14 heavy (non-hydrogen) atoms. The van der Waals surface area contributed by atoms with Gasteiger partial charge in [-0.3, -0.25) is 14.9 Å². The fraction of sp³-hybridized carbons (Fsp3) is 0.222. The van der Waals surface area contributed by atoms with Crippen LogP contribution in [0.15, 0.2) is 24.3 Å². The molecule has 0 spiro atoms.